The molecular weight excluding hydrogens is 312 g/mol. The normalized spacial score (nSPS) is 24.2. The van der Waals surface area contributed by atoms with Gasteiger partial charge in [-0.2, -0.15) is 0 Å². The van der Waals surface area contributed by atoms with Gasteiger partial charge >= 0.3 is 6.03 Å². The Hall–Kier alpha value is -2.35. The summed E-state index contributed by atoms with van der Waals surface area (Å²) in [6.45, 7) is 5.09. The Bertz CT molecular complexity index is 643. The molecule has 8 nitrogen and oxygen atoms in total. The highest BCUT2D eigenvalue weighted by Gasteiger charge is 2.55. The predicted molar refractivity (Wildman–Crippen MR) is 84.9 cm³/mol. The molecule has 4 amide bonds. The Morgan fingerprint density at radius 1 is 1.46 bits per heavy atom. The Morgan fingerprint density at radius 3 is 2.88 bits per heavy atom. The quantitative estimate of drug-likeness (QED) is 0.755. The van der Waals surface area contributed by atoms with Crippen LogP contribution >= 0.6 is 0 Å². The number of furan rings is 1. The smallest absolute Gasteiger partial charge is 0.325 e. The van der Waals surface area contributed by atoms with E-state index < -0.39 is 5.54 Å². The summed E-state index contributed by atoms with van der Waals surface area (Å²) in [5.74, 6) is 0.356. The summed E-state index contributed by atoms with van der Waals surface area (Å²) in [7, 11) is 0. The molecule has 2 fully saturated rings. The minimum atomic E-state index is -0.886. The van der Waals surface area contributed by atoms with Gasteiger partial charge in [0.1, 0.15) is 11.3 Å². The third-order valence-corrected chi connectivity index (χ3v) is 4.47. The summed E-state index contributed by atoms with van der Waals surface area (Å²) in [5, 5.41) is 5.60. The van der Waals surface area contributed by atoms with E-state index in [-0.39, 0.29) is 30.4 Å². The van der Waals surface area contributed by atoms with Gasteiger partial charge in [-0.25, -0.2) is 4.79 Å². The second-order valence-electron chi connectivity index (χ2n) is 6.60. The summed E-state index contributed by atoms with van der Waals surface area (Å²) in [5.41, 5.74) is -0.886. The topological polar surface area (TPSA) is 94.9 Å². The number of amides is 4. The van der Waals surface area contributed by atoms with E-state index in [1.807, 2.05) is 18.7 Å². The van der Waals surface area contributed by atoms with Crippen LogP contribution in [-0.2, 0) is 16.1 Å². The first kappa shape index (κ1) is 16.5. The van der Waals surface area contributed by atoms with Crippen LogP contribution < -0.4 is 10.6 Å². The molecule has 2 aliphatic rings. The number of urea groups is 1. The first-order valence-electron chi connectivity index (χ1n) is 8.08. The van der Waals surface area contributed by atoms with Gasteiger partial charge < -0.3 is 15.1 Å². The second-order valence-corrected chi connectivity index (χ2v) is 6.60. The van der Waals surface area contributed by atoms with E-state index in [1.54, 1.807) is 18.4 Å². The summed E-state index contributed by atoms with van der Waals surface area (Å²) >= 11 is 0. The molecule has 1 unspecified atom stereocenters. The standard InChI is InChI=1S/C16H22N4O4/c1-11(2)20-14(22)16(18-15(20)23)5-6-19(10-16)9-13(21)17-8-12-4-3-7-24-12/h3-4,7,11H,5-6,8-10H2,1-2H3,(H,17,21)(H,18,23). The fourth-order valence-corrected chi connectivity index (χ4v) is 3.27. The number of imide groups is 1. The Balaban J connectivity index is 1.54. The molecule has 0 radical (unpaired) electrons. The SMILES string of the molecule is CC(C)N1C(=O)NC2(CCN(CC(=O)NCc3ccco3)C2)C1=O. The molecule has 1 aromatic heterocycles. The van der Waals surface area contributed by atoms with Crippen molar-refractivity contribution in [2.24, 2.45) is 0 Å². The van der Waals surface area contributed by atoms with E-state index in [4.69, 9.17) is 4.42 Å². The molecule has 8 heteroatoms. The van der Waals surface area contributed by atoms with Gasteiger partial charge in [0.05, 0.1) is 19.4 Å². The molecule has 2 N–H and O–H groups in total. The van der Waals surface area contributed by atoms with E-state index in [1.165, 1.54) is 4.90 Å². The average Bonchev–Trinajstić information content (AvgIpc) is 3.19. The maximum atomic E-state index is 12.6. The Labute approximate surface area is 140 Å². The van der Waals surface area contributed by atoms with E-state index in [2.05, 4.69) is 10.6 Å². The number of hydrogen-bond donors (Lipinski definition) is 2. The van der Waals surface area contributed by atoms with Crippen molar-refractivity contribution in [2.75, 3.05) is 19.6 Å². The molecule has 1 atom stereocenters. The van der Waals surface area contributed by atoms with Crippen LogP contribution in [0.4, 0.5) is 4.79 Å². The monoisotopic (exact) mass is 334 g/mol. The van der Waals surface area contributed by atoms with Gasteiger partial charge in [-0.1, -0.05) is 0 Å². The fraction of sp³-hybridized carbons (Fsp3) is 0.562. The molecule has 0 aromatic carbocycles. The number of nitrogens with zero attached hydrogens (tertiary/aromatic N) is 2. The van der Waals surface area contributed by atoms with Crippen LogP contribution in [0.1, 0.15) is 26.0 Å². The van der Waals surface area contributed by atoms with E-state index in [0.717, 1.165) is 0 Å². The third kappa shape index (κ3) is 3.01. The molecule has 24 heavy (non-hydrogen) atoms. The van der Waals surface area contributed by atoms with Crippen molar-refractivity contribution in [1.29, 1.82) is 0 Å². The van der Waals surface area contributed by atoms with Crippen LogP contribution in [-0.4, -0.2) is 58.9 Å². The number of carbonyl (C=O) groups excluding carboxylic acids is 3. The minimum Gasteiger partial charge on any atom is -0.467 e. The van der Waals surface area contributed by atoms with Gasteiger partial charge in [0.15, 0.2) is 0 Å². The van der Waals surface area contributed by atoms with Crippen molar-refractivity contribution in [3.8, 4) is 0 Å². The van der Waals surface area contributed by atoms with Crippen molar-refractivity contribution in [3.63, 3.8) is 0 Å². The highest BCUT2D eigenvalue weighted by Crippen LogP contribution is 2.29. The van der Waals surface area contributed by atoms with Gasteiger partial charge in [0.25, 0.3) is 5.91 Å². The van der Waals surface area contributed by atoms with Gasteiger partial charge in [-0.05, 0) is 32.4 Å². The highest BCUT2D eigenvalue weighted by molar-refractivity contribution is 6.07. The van der Waals surface area contributed by atoms with Crippen molar-refractivity contribution in [2.45, 2.75) is 38.4 Å². The van der Waals surface area contributed by atoms with E-state index >= 15 is 0 Å². The van der Waals surface area contributed by atoms with E-state index in [0.29, 0.717) is 31.8 Å². The zero-order chi connectivity index (χ0) is 17.3. The van der Waals surface area contributed by atoms with Crippen LogP contribution in [0, 0.1) is 0 Å². The van der Waals surface area contributed by atoms with Gasteiger partial charge in [0, 0.05) is 19.1 Å². The first-order valence-corrected chi connectivity index (χ1v) is 8.08. The lowest BCUT2D eigenvalue weighted by Gasteiger charge is -2.23. The second kappa shape index (κ2) is 6.27. The van der Waals surface area contributed by atoms with Crippen LogP contribution in [0.25, 0.3) is 0 Å². The largest absolute Gasteiger partial charge is 0.467 e. The Morgan fingerprint density at radius 2 is 2.25 bits per heavy atom. The molecule has 2 aliphatic heterocycles. The van der Waals surface area contributed by atoms with E-state index in [9.17, 15) is 14.4 Å². The third-order valence-electron chi connectivity index (χ3n) is 4.47. The number of carbonyl (C=O) groups is 3. The van der Waals surface area contributed by atoms with Gasteiger partial charge in [-0.15, -0.1) is 0 Å². The Kier molecular flexibility index (Phi) is 4.31. The van der Waals surface area contributed by atoms with Crippen LogP contribution in [0.2, 0.25) is 0 Å². The summed E-state index contributed by atoms with van der Waals surface area (Å²) in [6.07, 6.45) is 2.08. The summed E-state index contributed by atoms with van der Waals surface area (Å²) < 4.78 is 5.16. The molecule has 3 heterocycles. The number of hydrogen-bond acceptors (Lipinski definition) is 5. The molecular formula is C16H22N4O4. The average molecular weight is 334 g/mol. The maximum Gasteiger partial charge on any atom is 0.325 e. The predicted octanol–water partition coefficient (Wildman–Crippen LogP) is 0.301. The number of rotatable bonds is 5. The molecule has 0 bridgehead atoms. The molecule has 0 saturated carbocycles. The minimum absolute atomic E-state index is 0.138. The first-order chi connectivity index (χ1) is 11.4. The zero-order valence-electron chi connectivity index (χ0n) is 13.9. The molecule has 2 saturated heterocycles. The lowest BCUT2D eigenvalue weighted by Crippen LogP contribution is -2.50. The van der Waals surface area contributed by atoms with Crippen LogP contribution in [0.3, 0.4) is 0 Å². The lowest BCUT2D eigenvalue weighted by molar-refractivity contribution is -0.132. The van der Waals surface area contributed by atoms with Crippen LogP contribution in [0.15, 0.2) is 22.8 Å². The molecule has 1 aromatic rings. The zero-order valence-corrected chi connectivity index (χ0v) is 13.9. The lowest BCUT2D eigenvalue weighted by atomic mass is 9.98. The molecule has 1 spiro atoms. The summed E-state index contributed by atoms with van der Waals surface area (Å²) in [6, 6.07) is 3.03. The van der Waals surface area contributed by atoms with Crippen molar-refractivity contribution < 1.29 is 18.8 Å². The maximum absolute atomic E-state index is 12.6. The van der Waals surface area contributed by atoms with Crippen molar-refractivity contribution in [1.82, 2.24) is 20.4 Å². The molecule has 0 aliphatic carbocycles. The van der Waals surface area contributed by atoms with Crippen LogP contribution in [0.5, 0.6) is 0 Å². The molecule has 3 rings (SSSR count). The fourth-order valence-electron chi connectivity index (χ4n) is 3.27. The number of likely N-dealkylation sites (tertiary alicyclic amines) is 1. The molecule has 130 valence electrons. The van der Waals surface area contributed by atoms with Crippen molar-refractivity contribution in [3.05, 3.63) is 24.2 Å². The highest BCUT2D eigenvalue weighted by atomic mass is 16.3. The summed E-state index contributed by atoms with van der Waals surface area (Å²) in [4.78, 5) is 39.8. The van der Waals surface area contributed by atoms with Gasteiger partial charge in [-0.3, -0.25) is 19.4 Å². The van der Waals surface area contributed by atoms with Crippen molar-refractivity contribution >= 4 is 17.8 Å². The van der Waals surface area contributed by atoms with Gasteiger partial charge in [0.2, 0.25) is 5.91 Å². The number of nitrogens with one attached hydrogen (secondary N) is 2.